The Morgan fingerprint density at radius 1 is 0.946 bits per heavy atom. The molecule has 4 rings (SSSR count). The van der Waals surface area contributed by atoms with Gasteiger partial charge in [-0.25, -0.2) is 4.79 Å². The number of nitro groups is 1. The Morgan fingerprint density at radius 3 is 2.11 bits per heavy atom. The van der Waals surface area contributed by atoms with Crippen LogP contribution in [0.25, 0.3) is 11.1 Å². The predicted octanol–water partition coefficient (Wildman–Crippen LogP) is 7.42. The molecular weight excluding hydrogens is 464 g/mol. The summed E-state index contributed by atoms with van der Waals surface area (Å²) < 4.78 is 0. The van der Waals surface area contributed by atoms with Crippen LogP contribution in [0.1, 0.15) is 61.4 Å². The van der Waals surface area contributed by atoms with Gasteiger partial charge in [0.1, 0.15) is 5.71 Å². The molecule has 3 aromatic carbocycles. The lowest BCUT2D eigenvalue weighted by Gasteiger charge is -2.33. The Hall–Kier alpha value is -4.32. The van der Waals surface area contributed by atoms with Gasteiger partial charge in [-0.15, -0.1) is 13.2 Å². The Morgan fingerprint density at radius 2 is 1.54 bits per heavy atom. The molecule has 1 aliphatic carbocycles. The van der Waals surface area contributed by atoms with E-state index in [9.17, 15) is 14.9 Å². The van der Waals surface area contributed by atoms with Crippen molar-refractivity contribution < 1.29 is 14.6 Å². The molecule has 0 aliphatic heterocycles. The number of fused-ring (bicyclic) bond motifs is 3. The van der Waals surface area contributed by atoms with Gasteiger partial charge in [0.05, 0.1) is 4.92 Å². The smallest absolute Gasteiger partial charge is 0.318 e. The molecule has 0 radical (unpaired) electrons. The molecule has 0 fully saturated rings. The second-order valence-corrected chi connectivity index (χ2v) is 9.93. The molecule has 0 heterocycles. The molecule has 3 aromatic rings. The van der Waals surface area contributed by atoms with Crippen molar-refractivity contribution in [3.8, 4) is 11.1 Å². The van der Waals surface area contributed by atoms with Crippen LogP contribution in [-0.4, -0.2) is 16.6 Å². The Balaban J connectivity index is 2.01. The highest BCUT2D eigenvalue weighted by atomic mass is 16.7. The molecule has 0 N–H and O–H groups in total. The van der Waals surface area contributed by atoms with Crippen molar-refractivity contribution in [2.75, 3.05) is 0 Å². The number of allylic oxidation sites excluding steroid dienone is 2. The maximum Gasteiger partial charge on any atom is 0.332 e. The van der Waals surface area contributed by atoms with Crippen LogP contribution in [0.5, 0.6) is 0 Å². The van der Waals surface area contributed by atoms with Crippen LogP contribution in [0.4, 0.5) is 5.69 Å². The van der Waals surface area contributed by atoms with Crippen LogP contribution in [0.2, 0.25) is 0 Å². The summed E-state index contributed by atoms with van der Waals surface area (Å²) in [6.45, 7) is 15.6. The van der Waals surface area contributed by atoms with Crippen molar-refractivity contribution in [2.45, 2.75) is 46.0 Å². The maximum absolute atomic E-state index is 11.7. The van der Waals surface area contributed by atoms with Crippen molar-refractivity contribution in [3.05, 3.63) is 123 Å². The minimum absolute atomic E-state index is 0.0524. The lowest BCUT2D eigenvalue weighted by atomic mass is 9.69. The minimum atomic E-state index is -0.581. The summed E-state index contributed by atoms with van der Waals surface area (Å²) in [4.78, 5) is 28.1. The largest absolute Gasteiger partial charge is 0.332 e. The molecule has 37 heavy (non-hydrogen) atoms. The SMILES string of the molecule is C=C(C)CC1(CC(=C)C)c2cc(/C(=N\OC(C)=O)c3ccccc3C)ccc2-c2ccc([N+](=O)[O-])cc21. The highest BCUT2D eigenvalue weighted by Crippen LogP contribution is 2.55. The number of hydrogen-bond acceptors (Lipinski definition) is 5. The second kappa shape index (κ2) is 9.97. The van der Waals surface area contributed by atoms with E-state index in [0.717, 1.165) is 50.1 Å². The zero-order valence-corrected chi connectivity index (χ0v) is 21.6. The first-order chi connectivity index (χ1) is 17.5. The number of non-ortho nitro benzene ring substituents is 1. The third kappa shape index (κ3) is 4.87. The number of benzene rings is 3. The molecule has 0 amide bonds. The minimum Gasteiger partial charge on any atom is -0.318 e. The first-order valence-electron chi connectivity index (χ1n) is 12.1. The van der Waals surface area contributed by atoms with Gasteiger partial charge in [-0.2, -0.15) is 0 Å². The van der Waals surface area contributed by atoms with Crippen LogP contribution in [0.15, 0.2) is 90.1 Å². The topological polar surface area (TPSA) is 81.8 Å². The van der Waals surface area contributed by atoms with Gasteiger partial charge < -0.3 is 4.84 Å². The first kappa shape index (κ1) is 25.8. The van der Waals surface area contributed by atoms with Crippen LogP contribution >= 0.6 is 0 Å². The Bertz CT molecular complexity index is 1470. The van der Waals surface area contributed by atoms with Crippen molar-refractivity contribution in [2.24, 2.45) is 5.16 Å². The molecule has 0 aromatic heterocycles. The number of nitrogens with zero attached hydrogens (tertiary/aromatic N) is 2. The van der Waals surface area contributed by atoms with Crippen molar-refractivity contribution >= 4 is 17.4 Å². The lowest BCUT2D eigenvalue weighted by molar-refractivity contribution is -0.384. The third-order valence-corrected chi connectivity index (χ3v) is 6.70. The fraction of sp³-hybridized carbons (Fsp3) is 0.226. The Labute approximate surface area is 217 Å². The van der Waals surface area contributed by atoms with Gasteiger partial charge >= 0.3 is 5.97 Å². The fourth-order valence-corrected chi connectivity index (χ4v) is 5.42. The van der Waals surface area contributed by atoms with E-state index in [0.29, 0.717) is 18.6 Å². The molecule has 0 spiro atoms. The quantitative estimate of drug-likeness (QED) is 0.107. The van der Waals surface area contributed by atoms with Crippen LogP contribution in [0, 0.1) is 17.0 Å². The standard InChI is InChI=1S/C31H30N2O4/c1-19(2)17-31(18-20(3)4)28-15-23(30(32-37-22(6)34)25-10-8-7-9-21(25)5)11-13-26(28)27-14-12-24(33(35)36)16-29(27)31/h7-16H,1,3,17-18H2,2,4-6H3/b32-30+. The van der Waals surface area contributed by atoms with Crippen molar-refractivity contribution in [1.29, 1.82) is 0 Å². The molecule has 0 saturated carbocycles. The van der Waals surface area contributed by atoms with Gasteiger partial charge in [-0.05, 0) is 73.6 Å². The van der Waals surface area contributed by atoms with Gasteiger partial charge in [0.2, 0.25) is 0 Å². The monoisotopic (exact) mass is 494 g/mol. The summed E-state index contributed by atoms with van der Waals surface area (Å²) in [5.74, 6) is -0.508. The van der Waals surface area contributed by atoms with E-state index >= 15 is 0 Å². The number of carbonyl (C=O) groups excluding carboxylic acids is 1. The number of rotatable bonds is 8. The average Bonchev–Trinajstić information content (AvgIpc) is 3.07. The summed E-state index contributed by atoms with van der Waals surface area (Å²) in [5.41, 5.74) is 8.44. The first-order valence-corrected chi connectivity index (χ1v) is 12.1. The van der Waals surface area contributed by atoms with E-state index in [1.807, 2.05) is 63.2 Å². The lowest BCUT2D eigenvalue weighted by Crippen LogP contribution is -2.26. The van der Waals surface area contributed by atoms with E-state index in [1.165, 1.54) is 6.92 Å². The normalized spacial score (nSPS) is 13.5. The number of aryl methyl sites for hydroxylation is 1. The molecule has 0 saturated heterocycles. The average molecular weight is 495 g/mol. The highest BCUT2D eigenvalue weighted by molar-refractivity contribution is 6.14. The molecule has 1 aliphatic rings. The molecular formula is C31H30N2O4. The van der Waals surface area contributed by atoms with Crippen molar-refractivity contribution in [1.82, 2.24) is 0 Å². The molecule has 6 heteroatoms. The zero-order chi connectivity index (χ0) is 26.9. The fourth-order valence-electron chi connectivity index (χ4n) is 5.42. The van der Waals surface area contributed by atoms with E-state index in [1.54, 1.807) is 12.1 Å². The second-order valence-electron chi connectivity index (χ2n) is 9.93. The number of hydrogen-bond donors (Lipinski definition) is 0. The molecule has 0 bridgehead atoms. The van der Waals surface area contributed by atoms with Gasteiger partial charge in [-0.3, -0.25) is 10.1 Å². The summed E-state index contributed by atoms with van der Waals surface area (Å²) in [6.07, 6.45) is 1.20. The zero-order valence-electron chi connectivity index (χ0n) is 21.6. The van der Waals surface area contributed by atoms with Crippen LogP contribution in [0.3, 0.4) is 0 Å². The van der Waals surface area contributed by atoms with Gasteiger partial charge in [0.15, 0.2) is 0 Å². The van der Waals surface area contributed by atoms with Crippen LogP contribution < -0.4 is 0 Å². The summed E-state index contributed by atoms with van der Waals surface area (Å²) in [7, 11) is 0. The van der Waals surface area contributed by atoms with Gasteiger partial charge in [0.25, 0.3) is 5.69 Å². The maximum atomic E-state index is 11.7. The Kier molecular flexibility index (Phi) is 6.94. The van der Waals surface area contributed by atoms with Crippen molar-refractivity contribution in [3.63, 3.8) is 0 Å². The number of oxime groups is 1. The van der Waals surface area contributed by atoms with E-state index < -0.39 is 11.4 Å². The van der Waals surface area contributed by atoms with E-state index in [4.69, 9.17) is 4.84 Å². The molecule has 0 atom stereocenters. The summed E-state index contributed by atoms with van der Waals surface area (Å²) >= 11 is 0. The molecule has 188 valence electrons. The molecule has 6 nitrogen and oxygen atoms in total. The highest BCUT2D eigenvalue weighted by Gasteiger charge is 2.44. The van der Waals surface area contributed by atoms with E-state index in [2.05, 4.69) is 24.4 Å². The summed E-state index contributed by atoms with van der Waals surface area (Å²) in [5, 5.41) is 16.0. The molecule has 0 unspecified atom stereocenters. The van der Waals surface area contributed by atoms with Gasteiger partial charge in [-0.1, -0.05) is 52.7 Å². The predicted molar refractivity (Wildman–Crippen MR) is 147 cm³/mol. The summed E-state index contributed by atoms with van der Waals surface area (Å²) in [6, 6.07) is 18.9. The van der Waals surface area contributed by atoms with E-state index in [-0.39, 0.29) is 10.6 Å². The third-order valence-electron chi connectivity index (χ3n) is 6.70. The number of nitro benzene ring substituents is 1. The van der Waals surface area contributed by atoms with Crippen LogP contribution in [-0.2, 0) is 15.0 Å². The van der Waals surface area contributed by atoms with Gasteiger partial charge in [0, 0.05) is 35.6 Å². The number of carbonyl (C=O) groups is 1.